The molecule has 1 amide bonds. The molecule has 0 aliphatic carbocycles. The van der Waals surface area contributed by atoms with Crippen LogP contribution in [0.4, 0.5) is 5.69 Å². The summed E-state index contributed by atoms with van der Waals surface area (Å²) in [5, 5.41) is 19.2. The molecule has 0 bridgehead atoms. The summed E-state index contributed by atoms with van der Waals surface area (Å²) in [6.45, 7) is 1.32. The average Bonchev–Trinajstić information content (AvgIpc) is 3.39. The van der Waals surface area contributed by atoms with Crippen molar-refractivity contribution in [2.75, 3.05) is 6.54 Å². The molecule has 0 aliphatic rings. The number of amides is 1. The topological polar surface area (TPSA) is 95.0 Å². The summed E-state index contributed by atoms with van der Waals surface area (Å²) >= 11 is 0. The van der Waals surface area contributed by atoms with E-state index in [1.165, 1.54) is 27.7 Å². The molecule has 2 aromatic heterocycles. The van der Waals surface area contributed by atoms with Crippen molar-refractivity contribution >= 4 is 22.5 Å². The molecule has 146 valence electrons. The van der Waals surface area contributed by atoms with Gasteiger partial charge in [0, 0.05) is 43.1 Å². The largest absolute Gasteiger partial charge is 0.351 e. The van der Waals surface area contributed by atoms with Gasteiger partial charge in [0.2, 0.25) is 0 Å². The Hall–Kier alpha value is -3.94. The third kappa shape index (κ3) is 4.01. The molecule has 0 saturated heterocycles. The van der Waals surface area contributed by atoms with E-state index < -0.39 is 4.92 Å². The van der Waals surface area contributed by atoms with E-state index in [1.54, 1.807) is 24.4 Å². The highest BCUT2D eigenvalue weighted by molar-refractivity contribution is 5.92. The van der Waals surface area contributed by atoms with E-state index in [9.17, 15) is 14.9 Å². The molecule has 2 heterocycles. The van der Waals surface area contributed by atoms with Crippen LogP contribution >= 0.6 is 0 Å². The molecule has 0 unspecified atom stereocenters. The number of nitrogens with one attached hydrogen (secondary N) is 1. The molecule has 8 nitrogen and oxygen atoms in total. The molecule has 0 fully saturated rings. The monoisotopic (exact) mass is 389 g/mol. The number of non-ortho nitro benzene ring substituents is 1. The van der Waals surface area contributed by atoms with Gasteiger partial charge in [0.1, 0.15) is 0 Å². The first kappa shape index (κ1) is 18.4. The lowest BCUT2D eigenvalue weighted by atomic mass is 10.2. The number of carbonyl (C=O) groups is 1. The van der Waals surface area contributed by atoms with Crippen LogP contribution in [-0.2, 0) is 6.54 Å². The van der Waals surface area contributed by atoms with Crippen LogP contribution in [0.15, 0.2) is 73.1 Å². The normalized spacial score (nSPS) is 10.9. The van der Waals surface area contributed by atoms with Crippen LogP contribution in [0.3, 0.4) is 0 Å². The van der Waals surface area contributed by atoms with Gasteiger partial charge >= 0.3 is 0 Å². The van der Waals surface area contributed by atoms with Crippen LogP contribution in [0.1, 0.15) is 16.9 Å². The van der Waals surface area contributed by atoms with Gasteiger partial charge in [-0.25, -0.2) is 4.68 Å². The minimum Gasteiger partial charge on any atom is -0.351 e. The van der Waals surface area contributed by atoms with Crippen molar-refractivity contribution in [1.29, 1.82) is 0 Å². The van der Waals surface area contributed by atoms with Gasteiger partial charge < -0.3 is 9.88 Å². The van der Waals surface area contributed by atoms with E-state index in [4.69, 9.17) is 0 Å². The second kappa shape index (κ2) is 7.97. The first-order chi connectivity index (χ1) is 14.1. The highest BCUT2D eigenvalue weighted by atomic mass is 16.6. The second-order valence-corrected chi connectivity index (χ2v) is 6.60. The van der Waals surface area contributed by atoms with E-state index in [-0.39, 0.29) is 17.3 Å². The summed E-state index contributed by atoms with van der Waals surface area (Å²) < 4.78 is 3.62. The molecule has 29 heavy (non-hydrogen) atoms. The number of rotatable bonds is 7. The van der Waals surface area contributed by atoms with Crippen LogP contribution in [0.2, 0.25) is 0 Å². The van der Waals surface area contributed by atoms with E-state index in [0.29, 0.717) is 12.2 Å². The number of nitro benzene ring substituents is 1. The number of fused-ring (bicyclic) bond motifs is 1. The van der Waals surface area contributed by atoms with Gasteiger partial charge in [0.05, 0.1) is 10.6 Å². The fraction of sp³-hybridized carbons (Fsp3) is 0.143. The van der Waals surface area contributed by atoms with Gasteiger partial charge in [-0.1, -0.05) is 24.3 Å². The number of carbonyl (C=O) groups excluding carboxylic acids is 1. The smallest absolute Gasteiger partial charge is 0.271 e. The Morgan fingerprint density at radius 1 is 1.07 bits per heavy atom. The fourth-order valence-electron chi connectivity index (χ4n) is 3.22. The first-order valence-electron chi connectivity index (χ1n) is 9.24. The van der Waals surface area contributed by atoms with Crippen molar-refractivity contribution in [2.24, 2.45) is 0 Å². The number of nitrogens with zero attached hydrogens (tertiary/aromatic N) is 4. The van der Waals surface area contributed by atoms with Crippen LogP contribution in [-0.4, -0.2) is 31.7 Å². The highest BCUT2D eigenvalue weighted by Crippen LogP contribution is 2.17. The minimum absolute atomic E-state index is 0.0264. The summed E-state index contributed by atoms with van der Waals surface area (Å²) in [5.74, 6) is -0.272. The second-order valence-electron chi connectivity index (χ2n) is 6.60. The van der Waals surface area contributed by atoms with Crippen molar-refractivity contribution in [3.05, 3.63) is 88.9 Å². The molecule has 4 aromatic rings. The average molecular weight is 389 g/mol. The van der Waals surface area contributed by atoms with E-state index in [2.05, 4.69) is 33.2 Å². The molecule has 8 heteroatoms. The number of para-hydroxylation sites is 1. The summed E-state index contributed by atoms with van der Waals surface area (Å²) in [6, 6.07) is 18.0. The molecule has 2 aromatic carbocycles. The molecule has 4 rings (SSSR count). The Kier molecular flexibility index (Phi) is 5.07. The van der Waals surface area contributed by atoms with E-state index in [1.807, 2.05) is 18.3 Å². The number of aromatic nitrogens is 3. The van der Waals surface area contributed by atoms with Crippen LogP contribution in [0.25, 0.3) is 16.6 Å². The standard InChI is InChI=1S/C21H19N5O3/c27-21(22-11-4-12-24-13-9-16-5-1-2-8-20(16)24)19-10-14-25(23-19)17-6-3-7-18(15-17)26(28)29/h1-3,5-10,13-15H,4,11-12H2,(H,22,27). The summed E-state index contributed by atoms with van der Waals surface area (Å²) in [6.07, 6.45) is 4.45. The van der Waals surface area contributed by atoms with Crippen molar-refractivity contribution in [2.45, 2.75) is 13.0 Å². The zero-order chi connectivity index (χ0) is 20.2. The number of hydrogen-bond donors (Lipinski definition) is 1. The molecular formula is C21H19N5O3. The molecule has 0 aliphatic heterocycles. The van der Waals surface area contributed by atoms with Gasteiger partial charge in [-0.3, -0.25) is 14.9 Å². The predicted molar refractivity (Wildman–Crippen MR) is 109 cm³/mol. The SMILES string of the molecule is O=C(NCCCn1ccc2ccccc21)c1ccn(-c2cccc([N+](=O)[O-])c2)n1. The maximum Gasteiger partial charge on any atom is 0.271 e. The van der Waals surface area contributed by atoms with Crippen LogP contribution < -0.4 is 5.32 Å². The molecular weight excluding hydrogens is 370 g/mol. The Morgan fingerprint density at radius 2 is 1.93 bits per heavy atom. The third-order valence-corrected chi connectivity index (χ3v) is 4.67. The van der Waals surface area contributed by atoms with Crippen LogP contribution in [0.5, 0.6) is 0 Å². The van der Waals surface area contributed by atoms with Crippen molar-refractivity contribution < 1.29 is 9.72 Å². The molecule has 0 radical (unpaired) electrons. The van der Waals surface area contributed by atoms with E-state index >= 15 is 0 Å². The Morgan fingerprint density at radius 3 is 2.79 bits per heavy atom. The van der Waals surface area contributed by atoms with Gasteiger partial charge in [-0.15, -0.1) is 0 Å². The Labute approximate surface area is 166 Å². The predicted octanol–water partition coefficient (Wildman–Crippen LogP) is 3.56. The highest BCUT2D eigenvalue weighted by Gasteiger charge is 2.12. The van der Waals surface area contributed by atoms with Crippen LogP contribution in [0, 0.1) is 10.1 Å². The number of nitro groups is 1. The van der Waals surface area contributed by atoms with Gasteiger partial charge in [-0.05, 0) is 36.1 Å². The fourth-order valence-corrected chi connectivity index (χ4v) is 3.22. The Balaban J connectivity index is 1.34. The number of hydrogen-bond acceptors (Lipinski definition) is 4. The Bertz CT molecular complexity index is 1180. The zero-order valence-corrected chi connectivity index (χ0v) is 15.6. The maximum absolute atomic E-state index is 12.3. The summed E-state index contributed by atoms with van der Waals surface area (Å²) in [4.78, 5) is 22.8. The first-order valence-corrected chi connectivity index (χ1v) is 9.24. The molecule has 1 N–H and O–H groups in total. The minimum atomic E-state index is -0.464. The lowest BCUT2D eigenvalue weighted by Gasteiger charge is -2.06. The quantitative estimate of drug-likeness (QED) is 0.297. The lowest BCUT2D eigenvalue weighted by Crippen LogP contribution is -2.25. The van der Waals surface area contributed by atoms with Crippen molar-refractivity contribution in [1.82, 2.24) is 19.7 Å². The van der Waals surface area contributed by atoms with Gasteiger partial charge in [-0.2, -0.15) is 5.10 Å². The number of aryl methyl sites for hydroxylation is 1. The van der Waals surface area contributed by atoms with Gasteiger partial charge in [0.15, 0.2) is 5.69 Å². The van der Waals surface area contributed by atoms with Crippen molar-refractivity contribution in [3.8, 4) is 5.69 Å². The molecule has 0 spiro atoms. The van der Waals surface area contributed by atoms with Gasteiger partial charge in [0.25, 0.3) is 11.6 Å². The summed E-state index contributed by atoms with van der Waals surface area (Å²) in [7, 11) is 0. The third-order valence-electron chi connectivity index (χ3n) is 4.67. The van der Waals surface area contributed by atoms with E-state index in [0.717, 1.165) is 13.0 Å². The van der Waals surface area contributed by atoms with Crippen molar-refractivity contribution in [3.63, 3.8) is 0 Å². The molecule has 0 saturated carbocycles. The number of benzene rings is 2. The lowest BCUT2D eigenvalue weighted by molar-refractivity contribution is -0.384. The maximum atomic E-state index is 12.3. The zero-order valence-electron chi connectivity index (χ0n) is 15.6. The molecule has 0 atom stereocenters. The summed E-state index contributed by atoms with van der Waals surface area (Å²) in [5.41, 5.74) is 1.94.